The summed E-state index contributed by atoms with van der Waals surface area (Å²) in [7, 11) is -2.40. The molecule has 0 aliphatic rings. The number of rotatable bonds is 7. The predicted octanol–water partition coefficient (Wildman–Crippen LogP) is 3.21. The molecule has 7 heteroatoms. The summed E-state index contributed by atoms with van der Waals surface area (Å²) in [5, 5.41) is 0. The molecular weight excluding hydrogens is 337 g/mol. The molecule has 0 atom stereocenters. The van der Waals surface area contributed by atoms with Gasteiger partial charge in [0.1, 0.15) is 0 Å². The van der Waals surface area contributed by atoms with E-state index in [-0.39, 0.29) is 17.2 Å². The first-order valence-electron chi connectivity index (χ1n) is 6.95. The van der Waals surface area contributed by atoms with Crippen molar-refractivity contribution in [2.45, 2.75) is 16.7 Å². The van der Waals surface area contributed by atoms with Crippen LogP contribution in [0.15, 0.2) is 52.3 Å². The molecule has 0 fully saturated rings. The van der Waals surface area contributed by atoms with Gasteiger partial charge in [0.2, 0.25) is 10.0 Å². The van der Waals surface area contributed by atoms with Crippen LogP contribution in [0.25, 0.3) is 0 Å². The van der Waals surface area contributed by atoms with Crippen LogP contribution in [-0.4, -0.2) is 27.8 Å². The molecule has 0 aliphatic carbocycles. The van der Waals surface area contributed by atoms with E-state index in [1.807, 2.05) is 31.2 Å². The Balaban J connectivity index is 1.91. The van der Waals surface area contributed by atoms with E-state index in [2.05, 4.69) is 4.72 Å². The summed E-state index contributed by atoms with van der Waals surface area (Å²) >= 11 is 1.55. The fourth-order valence-electron chi connectivity index (χ4n) is 1.88. The molecule has 4 nitrogen and oxygen atoms in total. The second-order valence-electron chi connectivity index (χ2n) is 4.86. The molecule has 0 aromatic heterocycles. The van der Waals surface area contributed by atoms with E-state index < -0.39 is 15.8 Å². The number of ether oxygens (including phenoxy) is 1. The third-order valence-corrected chi connectivity index (χ3v) is 5.59. The minimum atomic E-state index is -3.73. The fourth-order valence-corrected chi connectivity index (χ4v) is 3.82. The first-order valence-corrected chi connectivity index (χ1v) is 9.42. The largest absolute Gasteiger partial charge is 0.494 e. The SMILES string of the molecule is COc1ccc(S(=O)(=O)NCCSc2ccc(C)cc2)cc1F. The molecular formula is C16H18FNO3S2. The lowest BCUT2D eigenvalue weighted by Gasteiger charge is -2.08. The maximum Gasteiger partial charge on any atom is 0.240 e. The van der Waals surface area contributed by atoms with Gasteiger partial charge in [-0.25, -0.2) is 17.5 Å². The molecule has 1 N–H and O–H groups in total. The summed E-state index contributed by atoms with van der Waals surface area (Å²) in [4.78, 5) is 0.960. The molecule has 0 heterocycles. The number of nitrogens with one attached hydrogen (secondary N) is 1. The molecule has 0 amide bonds. The highest BCUT2D eigenvalue weighted by Crippen LogP contribution is 2.21. The Labute approximate surface area is 140 Å². The molecule has 0 saturated heterocycles. The van der Waals surface area contributed by atoms with E-state index in [1.54, 1.807) is 11.8 Å². The maximum atomic E-state index is 13.6. The number of thioether (sulfide) groups is 1. The number of benzene rings is 2. The van der Waals surface area contributed by atoms with E-state index in [0.717, 1.165) is 11.0 Å². The van der Waals surface area contributed by atoms with Crippen LogP contribution in [0, 0.1) is 12.7 Å². The minimum Gasteiger partial charge on any atom is -0.494 e. The Bertz CT molecular complexity index is 761. The van der Waals surface area contributed by atoms with Gasteiger partial charge >= 0.3 is 0 Å². The van der Waals surface area contributed by atoms with E-state index in [1.165, 1.54) is 24.8 Å². The lowest BCUT2D eigenvalue weighted by molar-refractivity contribution is 0.385. The standard InChI is InChI=1S/C16H18FNO3S2/c1-12-3-5-13(6-4-12)22-10-9-18-23(19,20)14-7-8-16(21-2)15(17)11-14/h3-8,11,18H,9-10H2,1-2H3. The molecule has 124 valence electrons. The Morgan fingerprint density at radius 1 is 1.17 bits per heavy atom. The Morgan fingerprint density at radius 3 is 2.48 bits per heavy atom. The summed E-state index contributed by atoms with van der Waals surface area (Å²) in [6, 6.07) is 11.6. The second-order valence-corrected chi connectivity index (χ2v) is 7.79. The van der Waals surface area contributed by atoms with Crippen LogP contribution >= 0.6 is 11.8 Å². The Kier molecular flexibility index (Phi) is 6.04. The molecule has 23 heavy (non-hydrogen) atoms. The Morgan fingerprint density at radius 2 is 1.87 bits per heavy atom. The molecule has 0 saturated carbocycles. The quantitative estimate of drug-likeness (QED) is 0.612. The maximum absolute atomic E-state index is 13.6. The van der Waals surface area contributed by atoms with Crippen molar-refractivity contribution in [3.8, 4) is 5.75 Å². The van der Waals surface area contributed by atoms with E-state index in [4.69, 9.17) is 4.74 Å². The first kappa shape index (κ1) is 17.8. The van der Waals surface area contributed by atoms with Crippen molar-refractivity contribution < 1.29 is 17.5 Å². The molecule has 2 aromatic rings. The van der Waals surface area contributed by atoms with E-state index in [0.29, 0.717) is 5.75 Å². The van der Waals surface area contributed by atoms with Crippen molar-refractivity contribution >= 4 is 21.8 Å². The van der Waals surface area contributed by atoms with Crippen LogP contribution in [0.5, 0.6) is 5.75 Å². The Hall–Kier alpha value is -1.57. The normalized spacial score (nSPS) is 11.4. The average molecular weight is 355 g/mol. The smallest absolute Gasteiger partial charge is 0.240 e. The van der Waals surface area contributed by atoms with Crippen molar-refractivity contribution in [1.82, 2.24) is 4.72 Å². The van der Waals surface area contributed by atoms with E-state index >= 15 is 0 Å². The third-order valence-electron chi connectivity index (χ3n) is 3.12. The molecule has 0 aliphatic heterocycles. The molecule has 0 unspecified atom stereocenters. The summed E-state index contributed by atoms with van der Waals surface area (Å²) in [5.41, 5.74) is 1.18. The number of halogens is 1. The lowest BCUT2D eigenvalue weighted by Crippen LogP contribution is -2.26. The third kappa shape index (κ3) is 4.95. The van der Waals surface area contributed by atoms with Crippen LogP contribution < -0.4 is 9.46 Å². The average Bonchev–Trinajstić information content (AvgIpc) is 2.53. The van der Waals surface area contributed by atoms with Crippen molar-refractivity contribution in [3.63, 3.8) is 0 Å². The molecule has 0 spiro atoms. The van der Waals surface area contributed by atoms with Gasteiger partial charge in [0.15, 0.2) is 11.6 Å². The van der Waals surface area contributed by atoms with Crippen molar-refractivity contribution in [3.05, 3.63) is 53.8 Å². The van der Waals surface area contributed by atoms with Crippen LogP contribution in [0.2, 0.25) is 0 Å². The van der Waals surface area contributed by atoms with Gasteiger partial charge in [-0.05, 0) is 37.3 Å². The zero-order chi connectivity index (χ0) is 16.9. The van der Waals surface area contributed by atoms with Crippen LogP contribution in [0.3, 0.4) is 0 Å². The number of sulfonamides is 1. The van der Waals surface area contributed by atoms with Gasteiger partial charge in [-0.2, -0.15) is 0 Å². The molecule has 2 rings (SSSR count). The molecule has 0 bridgehead atoms. The molecule has 2 aromatic carbocycles. The topological polar surface area (TPSA) is 55.4 Å². The van der Waals surface area contributed by atoms with Crippen molar-refractivity contribution in [1.29, 1.82) is 0 Å². The van der Waals surface area contributed by atoms with Gasteiger partial charge in [0.25, 0.3) is 0 Å². The first-order chi connectivity index (χ1) is 10.9. The van der Waals surface area contributed by atoms with Gasteiger partial charge in [0.05, 0.1) is 12.0 Å². The van der Waals surface area contributed by atoms with Crippen LogP contribution in [0.1, 0.15) is 5.56 Å². The van der Waals surface area contributed by atoms with Gasteiger partial charge in [-0.1, -0.05) is 17.7 Å². The predicted molar refractivity (Wildman–Crippen MR) is 90.0 cm³/mol. The number of methoxy groups -OCH3 is 1. The number of hydrogen-bond acceptors (Lipinski definition) is 4. The van der Waals surface area contributed by atoms with Crippen molar-refractivity contribution in [2.75, 3.05) is 19.4 Å². The zero-order valence-electron chi connectivity index (χ0n) is 12.9. The minimum absolute atomic E-state index is 0.0128. The van der Waals surface area contributed by atoms with Gasteiger partial charge < -0.3 is 4.74 Å². The summed E-state index contributed by atoms with van der Waals surface area (Å²) in [5.74, 6) is -0.107. The molecule has 0 radical (unpaired) electrons. The van der Waals surface area contributed by atoms with Crippen LogP contribution in [0.4, 0.5) is 4.39 Å². The highest BCUT2D eigenvalue weighted by atomic mass is 32.2. The van der Waals surface area contributed by atoms with E-state index in [9.17, 15) is 12.8 Å². The van der Waals surface area contributed by atoms with Gasteiger partial charge in [-0.3, -0.25) is 0 Å². The van der Waals surface area contributed by atoms with Crippen molar-refractivity contribution in [2.24, 2.45) is 0 Å². The summed E-state index contributed by atoms with van der Waals surface area (Å²) in [6.45, 7) is 2.27. The lowest BCUT2D eigenvalue weighted by atomic mass is 10.2. The highest BCUT2D eigenvalue weighted by Gasteiger charge is 2.16. The summed E-state index contributed by atoms with van der Waals surface area (Å²) < 4.78 is 45.1. The number of aryl methyl sites for hydroxylation is 1. The zero-order valence-corrected chi connectivity index (χ0v) is 14.5. The fraction of sp³-hybridized carbons (Fsp3) is 0.250. The highest BCUT2D eigenvalue weighted by molar-refractivity contribution is 7.99. The number of hydrogen-bond donors (Lipinski definition) is 1. The van der Waals surface area contributed by atoms with Gasteiger partial charge in [0, 0.05) is 17.2 Å². The monoisotopic (exact) mass is 355 g/mol. The second kappa shape index (κ2) is 7.81. The van der Waals surface area contributed by atoms with Crippen LogP contribution in [-0.2, 0) is 10.0 Å². The summed E-state index contributed by atoms with van der Waals surface area (Å²) in [6.07, 6.45) is 0. The van der Waals surface area contributed by atoms with Gasteiger partial charge in [-0.15, -0.1) is 11.8 Å².